The lowest BCUT2D eigenvalue weighted by Gasteiger charge is -2.14. The Labute approximate surface area is 123 Å². The molecule has 4 rings (SSSR count). The smallest absolute Gasteiger partial charge is 0.208 e. The summed E-state index contributed by atoms with van der Waals surface area (Å²) in [5, 5.41) is 13.1. The molecule has 6 heteroatoms. The van der Waals surface area contributed by atoms with Gasteiger partial charge in [0.2, 0.25) is 5.89 Å². The lowest BCUT2D eigenvalue weighted by molar-refractivity contribution is 0.273. The van der Waals surface area contributed by atoms with Crippen LogP contribution >= 0.6 is 0 Å². The van der Waals surface area contributed by atoms with Crippen molar-refractivity contribution in [3.63, 3.8) is 0 Å². The predicted molar refractivity (Wildman–Crippen MR) is 74.4 cm³/mol. The second-order valence-corrected chi connectivity index (χ2v) is 5.83. The summed E-state index contributed by atoms with van der Waals surface area (Å²) >= 11 is 0. The van der Waals surface area contributed by atoms with Crippen molar-refractivity contribution in [2.24, 2.45) is 0 Å². The van der Waals surface area contributed by atoms with E-state index in [1.54, 1.807) is 6.20 Å². The van der Waals surface area contributed by atoms with Crippen LogP contribution in [0.4, 0.5) is 0 Å². The number of nitriles is 1. The van der Waals surface area contributed by atoms with Crippen LogP contribution in [0.3, 0.4) is 0 Å². The second kappa shape index (κ2) is 5.01. The number of hydrogen-bond donors (Lipinski definition) is 0. The van der Waals surface area contributed by atoms with E-state index in [-0.39, 0.29) is 0 Å². The highest BCUT2D eigenvalue weighted by Crippen LogP contribution is 2.26. The minimum atomic E-state index is 0.342. The Morgan fingerprint density at radius 1 is 1.43 bits per heavy atom. The number of oxazole rings is 1. The van der Waals surface area contributed by atoms with E-state index < -0.39 is 0 Å². The molecule has 2 aromatic heterocycles. The Morgan fingerprint density at radius 2 is 2.38 bits per heavy atom. The lowest BCUT2D eigenvalue weighted by atomic mass is 10.3. The molecule has 21 heavy (non-hydrogen) atoms. The van der Waals surface area contributed by atoms with Gasteiger partial charge in [0.1, 0.15) is 11.8 Å². The molecule has 1 fully saturated rings. The maximum atomic E-state index is 8.86. The van der Waals surface area contributed by atoms with Crippen molar-refractivity contribution in [1.29, 1.82) is 5.26 Å². The number of likely N-dealkylation sites (tertiary alicyclic amines) is 1. The van der Waals surface area contributed by atoms with Crippen LogP contribution < -0.4 is 0 Å². The van der Waals surface area contributed by atoms with Gasteiger partial charge in [-0.15, -0.1) is 0 Å². The number of nitrogens with zero attached hydrogens (tertiary/aromatic N) is 5. The molecule has 2 aromatic rings. The SMILES string of the molecule is N#Cc1cnn(C2CCN(Cc3nc4c(o3)CCC4)C2)c1. The quantitative estimate of drug-likeness (QED) is 0.857. The average Bonchev–Trinajstić information content (AvgIpc) is 3.21. The van der Waals surface area contributed by atoms with E-state index in [1.165, 1.54) is 6.42 Å². The van der Waals surface area contributed by atoms with Gasteiger partial charge in [0.15, 0.2) is 0 Å². The predicted octanol–water partition coefficient (Wildman–Crippen LogP) is 1.68. The third-order valence-electron chi connectivity index (χ3n) is 4.35. The molecule has 0 amide bonds. The topological polar surface area (TPSA) is 70.9 Å². The first-order valence-corrected chi connectivity index (χ1v) is 7.46. The number of fused-ring (bicyclic) bond motifs is 1. The highest BCUT2D eigenvalue weighted by Gasteiger charge is 2.27. The van der Waals surface area contributed by atoms with Gasteiger partial charge in [-0.05, 0) is 19.3 Å². The molecule has 1 saturated heterocycles. The fourth-order valence-electron chi connectivity index (χ4n) is 3.27. The summed E-state index contributed by atoms with van der Waals surface area (Å²) in [7, 11) is 0. The van der Waals surface area contributed by atoms with Crippen molar-refractivity contribution >= 4 is 0 Å². The summed E-state index contributed by atoms with van der Waals surface area (Å²) in [5.74, 6) is 1.94. The summed E-state index contributed by atoms with van der Waals surface area (Å²) in [4.78, 5) is 6.94. The van der Waals surface area contributed by atoms with Gasteiger partial charge < -0.3 is 4.42 Å². The molecule has 0 saturated carbocycles. The molecule has 1 aliphatic heterocycles. The summed E-state index contributed by atoms with van der Waals surface area (Å²) in [5.41, 5.74) is 1.78. The van der Waals surface area contributed by atoms with Gasteiger partial charge in [-0.1, -0.05) is 0 Å². The molecule has 1 aliphatic carbocycles. The third-order valence-corrected chi connectivity index (χ3v) is 4.35. The van der Waals surface area contributed by atoms with Crippen LogP contribution in [0.2, 0.25) is 0 Å². The van der Waals surface area contributed by atoms with E-state index in [0.717, 1.165) is 56.2 Å². The Bertz CT molecular complexity index is 674. The summed E-state index contributed by atoms with van der Waals surface area (Å²) in [6, 6.07) is 2.46. The van der Waals surface area contributed by atoms with E-state index in [4.69, 9.17) is 9.68 Å². The van der Waals surface area contributed by atoms with Crippen molar-refractivity contribution in [3.05, 3.63) is 35.3 Å². The maximum absolute atomic E-state index is 8.86. The Balaban J connectivity index is 1.40. The minimum Gasteiger partial charge on any atom is -0.444 e. The monoisotopic (exact) mass is 283 g/mol. The van der Waals surface area contributed by atoms with Gasteiger partial charge in [0.05, 0.1) is 30.0 Å². The van der Waals surface area contributed by atoms with Crippen LogP contribution in [-0.2, 0) is 19.4 Å². The van der Waals surface area contributed by atoms with Crippen molar-refractivity contribution in [1.82, 2.24) is 19.7 Å². The summed E-state index contributed by atoms with van der Waals surface area (Å²) in [6.45, 7) is 2.72. The number of rotatable bonds is 3. The lowest BCUT2D eigenvalue weighted by Crippen LogP contribution is -2.21. The normalized spacial score (nSPS) is 21.6. The first-order valence-electron chi connectivity index (χ1n) is 7.46. The Morgan fingerprint density at radius 3 is 3.19 bits per heavy atom. The zero-order chi connectivity index (χ0) is 14.2. The molecule has 1 unspecified atom stereocenters. The number of hydrogen-bond acceptors (Lipinski definition) is 5. The first-order chi connectivity index (χ1) is 10.3. The standard InChI is InChI=1S/C15H17N5O/c16-6-11-7-17-20(8-11)12-4-5-19(9-12)10-15-18-13-2-1-3-14(13)21-15/h7-8,12H,1-5,9-10H2. The van der Waals surface area contributed by atoms with Gasteiger partial charge in [-0.2, -0.15) is 10.4 Å². The zero-order valence-corrected chi connectivity index (χ0v) is 11.8. The molecular formula is C15H17N5O. The van der Waals surface area contributed by atoms with Crippen molar-refractivity contribution in [2.75, 3.05) is 13.1 Å². The first kappa shape index (κ1) is 12.6. The van der Waals surface area contributed by atoms with Crippen LogP contribution in [0, 0.1) is 11.3 Å². The molecule has 0 aromatic carbocycles. The van der Waals surface area contributed by atoms with Gasteiger partial charge in [0, 0.05) is 25.7 Å². The van der Waals surface area contributed by atoms with Gasteiger partial charge >= 0.3 is 0 Å². The zero-order valence-electron chi connectivity index (χ0n) is 11.8. The molecule has 6 nitrogen and oxygen atoms in total. The van der Waals surface area contributed by atoms with Crippen LogP contribution in [0.25, 0.3) is 0 Å². The highest BCUT2D eigenvalue weighted by atomic mass is 16.4. The number of aromatic nitrogens is 3. The molecule has 108 valence electrons. The van der Waals surface area contributed by atoms with E-state index >= 15 is 0 Å². The Hall–Kier alpha value is -2.13. The van der Waals surface area contributed by atoms with E-state index in [2.05, 4.69) is 21.1 Å². The summed E-state index contributed by atoms with van der Waals surface area (Å²) in [6.07, 6.45) is 7.77. The van der Waals surface area contributed by atoms with Gasteiger partial charge in [0.25, 0.3) is 0 Å². The molecule has 0 bridgehead atoms. The summed E-state index contributed by atoms with van der Waals surface area (Å²) < 4.78 is 7.74. The van der Waals surface area contributed by atoms with Crippen LogP contribution in [0.15, 0.2) is 16.8 Å². The molecule has 3 heterocycles. The third kappa shape index (κ3) is 2.34. The van der Waals surface area contributed by atoms with Crippen LogP contribution in [0.1, 0.15) is 41.8 Å². The number of aryl methyl sites for hydroxylation is 2. The van der Waals surface area contributed by atoms with E-state index in [1.807, 2.05) is 10.9 Å². The highest BCUT2D eigenvalue weighted by molar-refractivity contribution is 5.22. The average molecular weight is 283 g/mol. The molecule has 1 atom stereocenters. The fraction of sp³-hybridized carbons (Fsp3) is 0.533. The molecular weight excluding hydrogens is 266 g/mol. The van der Waals surface area contributed by atoms with E-state index in [0.29, 0.717) is 11.6 Å². The van der Waals surface area contributed by atoms with Gasteiger partial charge in [-0.25, -0.2) is 4.98 Å². The molecule has 2 aliphatic rings. The largest absolute Gasteiger partial charge is 0.444 e. The van der Waals surface area contributed by atoms with Crippen molar-refractivity contribution in [2.45, 2.75) is 38.3 Å². The van der Waals surface area contributed by atoms with Crippen LogP contribution in [0.5, 0.6) is 0 Å². The van der Waals surface area contributed by atoms with Crippen molar-refractivity contribution < 1.29 is 4.42 Å². The van der Waals surface area contributed by atoms with Crippen molar-refractivity contribution in [3.8, 4) is 6.07 Å². The fourth-order valence-corrected chi connectivity index (χ4v) is 3.27. The molecule has 0 N–H and O–H groups in total. The molecule has 0 radical (unpaired) electrons. The second-order valence-electron chi connectivity index (χ2n) is 5.83. The van der Waals surface area contributed by atoms with Gasteiger partial charge in [-0.3, -0.25) is 9.58 Å². The van der Waals surface area contributed by atoms with Crippen LogP contribution in [-0.4, -0.2) is 32.8 Å². The van der Waals surface area contributed by atoms with E-state index in [9.17, 15) is 0 Å². The Kier molecular flexibility index (Phi) is 3.00. The minimum absolute atomic E-state index is 0.342. The maximum Gasteiger partial charge on any atom is 0.208 e. The molecule has 0 spiro atoms.